The quantitative estimate of drug-likeness (QED) is 0.180. The van der Waals surface area contributed by atoms with Crippen LogP contribution in [-0.2, 0) is 16.2 Å². The maximum Gasteiger partial charge on any atom is 0.271 e. The van der Waals surface area contributed by atoms with Gasteiger partial charge in [-0.25, -0.2) is 9.07 Å². The Hall–Kier alpha value is -5.29. The van der Waals surface area contributed by atoms with E-state index in [-0.39, 0.29) is 23.3 Å². The first-order valence-electron chi connectivity index (χ1n) is 14.3. The van der Waals surface area contributed by atoms with Crippen LogP contribution in [0.2, 0.25) is 0 Å². The molecule has 2 aliphatic rings. The maximum absolute atomic E-state index is 13.8. The highest BCUT2D eigenvalue weighted by atomic mass is 19.1. The number of imide groups is 1. The number of hydrogen-bond acceptors (Lipinski definition) is 5. The van der Waals surface area contributed by atoms with Crippen molar-refractivity contribution in [2.75, 3.05) is 0 Å². The SMILES string of the molecule is CC1=C(C#N)C(=O)N(C2CCCC2)C(=O)/C1=C/c1cn(-c2ccccc2)nc1-c1ccc(OCc2ccc(F)cc2)cc1. The van der Waals surface area contributed by atoms with E-state index in [4.69, 9.17) is 9.84 Å². The Morgan fingerprint density at radius 2 is 1.67 bits per heavy atom. The number of rotatable bonds is 7. The molecule has 1 aliphatic carbocycles. The normalized spacial score (nSPS) is 16.7. The Morgan fingerprint density at radius 1 is 0.977 bits per heavy atom. The molecule has 0 radical (unpaired) electrons. The van der Waals surface area contributed by atoms with E-state index in [1.165, 1.54) is 17.0 Å². The van der Waals surface area contributed by atoms with Crippen LogP contribution in [0.3, 0.4) is 0 Å². The monoisotopic (exact) mass is 572 g/mol. The third kappa shape index (κ3) is 5.62. The summed E-state index contributed by atoms with van der Waals surface area (Å²) in [6.07, 6.45) is 6.97. The average Bonchev–Trinajstić information content (AvgIpc) is 3.71. The molecule has 1 aromatic heterocycles. The molecule has 2 amide bonds. The predicted octanol–water partition coefficient (Wildman–Crippen LogP) is 6.79. The summed E-state index contributed by atoms with van der Waals surface area (Å²) in [4.78, 5) is 28.3. The van der Waals surface area contributed by atoms with E-state index in [1.807, 2.05) is 66.9 Å². The van der Waals surface area contributed by atoms with Gasteiger partial charge in [0, 0.05) is 28.9 Å². The van der Waals surface area contributed by atoms with Gasteiger partial charge >= 0.3 is 0 Å². The molecule has 0 bridgehead atoms. The molecule has 0 saturated heterocycles. The molecule has 4 aromatic rings. The summed E-state index contributed by atoms with van der Waals surface area (Å²) in [6, 6.07) is 25.1. The summed E-state index contributed by atoms with van der Waals surface area (Å²) in [5.41, 5.74) is 4.47. The van der Waals surface area contributed by atoms with E-state index in [0.29, 0.717) is 34.8 Å². The molecular formula is C35H29FN4O3. The minimum absolute atomic E-state index is 0.00240. The van der Waals surface area contributed by atoms with Crippen molar-refractivity contribution >= 4 is 17.9 Å². The number of hydrogen-bond donors (Lipinski definition) is 0. The molecule has 2 heterocycles. The summed E-state index contributed by atoms with van der Waals surface area (Å²) >= 11 is 0. The minimum atomic E-state index is -0.509. The van der Waals surface area contributed by atoms with Crippen LogP contribution in [0.15, 0.2) is 102 Å². The molecule has 8 heteroatoms. The van der Waals surface area contributed by atoms with Crippen LogP contribution in [-0.4, -0.2) is 32.5 Å². The number of nitriles is 1. The molecule has 43 heavy (non-hydrogen) atoms. The van der Waals surface area contributed by atoms with Gasteiger partial charge in [0.25, 0.3) is 11.8 Å². The number of ether oxygens (including phenoxy) is 1. The van der Waals surface area contributed by atoms with Crippen LogP contribution < -0.4 is 4.74 Å². The van der Waals surface area contributed by atoms with Crippen LogP contribution in [0.4, 0.5) is 4.39 Å². The fourth-order valence-corrected chi connectivity index (χ4v) is 5.64. The maximum atomic E-state index is 13.8. The summed E-state index contributed by atoms with van der Waals surface area (Å²) in [7, 11) is 0. The summed E-state index contributed by atoms with van der Waals surface area (Å²) in [5, 5.41) is 14.7. The molecule has 6 rings (SSSR count). The van der Waals surface area contributed by atoms with Gasteiger partial charge in [0.1, 0.15) is 29.8 Å². The van der Waals surface area contributed by atoms with Crippen molar-refractivity contribution in [2.24, 2.45) is 0 Å². The Morgan fingerprint density at radius 3 is 2.35 bits per heavy atom. The van der Waals surface area contributed by atoms with Gasteiger partial charge < -0.3 is 4.74 Å². The lowest BCUT2D eigenvalue weighted by atomic mass is 9.92. The predicted molar refractivity (Wildman–Crippen MR) is 160 cm³/mol. The number of carbonyl (C=O) groups is 2. The lowest BCUT2D eigenvalue weighted by molar-refractivity contribution is -0.143. The van der Waals surface area contributed by atoms with Gasteiger partial charge in [-0.15, -0.1) is 0 Å². The number of benzene rings is 3. The van der Waals surface area contributed by atoms with Gasteiger partial charge in [0.15, 0.2) is 0 Å². The van der Waals surface area contributed by atoms with Crippen LogP contribution >= 0.6 is 0 Å². The molecule has 214 valence electrons. The fourth-order valence-electron chi connectivity index (χ4n) is 5.64. The van der Waals surface area contributed by atoms with Gasteiger partial charge in [-0.2, -0.15) is 10.4 Å². The Balaban J connectivity index is 1.38. The van der Waals surface area contributed by atoms with Crippen molar-refractivity contribution < 1.29 is 18.7 Å². The number of carbonyl (C=O) groups excluding carboxylic acids is 2. The van der Waals surface area contributed by atoms with Crippen LogP contribution in [0, 0.1) is 17.1 Å². The zero-order valence-corrected chi connectivity index (χ0v) is 23.7. The second-order valence-corrected chi connectivity index (χ2v) is 10.7. The van der Waals surface area contributed by atoms with Crippen molar-refractivity contribution in [3.8, 4) is 28.8 Å². The van der Waals surface area contributed by atoms with Gasteiger partial charge in [0.05, 0.1) is 11.4 Å². The fraction of sp³-hybridized carbons (Fsp3) is 0.200. The lowest BCUT2D eigenvalue weighted by Crippen LogP contribution is -2.47. The van der Waals surface area contributed by atoms with Crippen LogP contribution in [0.25, 0.3) is 23.0 Å². The van der Waals surface area contributed by atoms with Crippen LogP contribution in [0.5, 0.6) is 5.75 Å². The zero-order chi connectivity index (χ0) is 29.9. The van der Waals surface area contributed by atoms with Crippen molar-refractivity contribution in [3.05, 3.63) is 119 Å². The smallest absolute Gasteiger partial charge is 0.271 e. The Bertz CT molecular complexity index is 1780. The third-order valence-corrected chi connectivity index (χ3v) is 7.97. The molecule has 1 fully saturated rings. The average molecular weight is 573 g/mol. The lowest BCUT2D eigenvalue weighted by Gasteiger charge is -2.32. The van der Waals surface area contributed by atoms with E-state index >= 15 is 0 Å². The number of halogens is 1. The highest BCUT2D eigenvalue weighted by Crippen LogP contribution is 2.35. The number of para-hydroxylation sites is 1. The molecule has 0 N–H and O–H groups in total. The molecular weight excluding hydrogens is 543 g/mol. The zero-order valence-electron chi connectivity index (χ0n) is 23.7. The molecule has 0 unspecified atom stereocenters. The van der Waals surface area contributed by atoms with E-state index in [0.717, 1.165) is 42.5 Å². The molecule has 0 spiro atoms. The summed E-state index contributed by atoms with van der Waals surface area (Å²) < 4.78 is 20.9. The topological polar surface area (TPSA) is 88.2 Å². The van der Waals surface area contributed by atoms with E-state index in [2.05, 4.69) is 0 Å². The molecule has 3 aromatic carbocycles. The van der Waals surface area contributed by atoms with Crippen molar-refractivity contribution in [3.63, 3.8) is 0 Å². The third-order valence-electron chi connectivity index (χ3n) is 7.97. The van der Waals surface area contributed by atoms with E-state index in [9.17, 15) is 19.2 Å². The largest absolute Gasteiger partial charge is 0.489 e. The van der Waals surface area contributed by atoms with Gasteiger partial charge in [-0.1, -0.05) is 43.2 Å². The van der Waals surface area contributed by atoms with Gasteiger partial charge in [-0.3, -0.25) is 14.5 Å². The first-order chi connectivity index (χ1) is 20.9. The Labute approximate surface area is 249 Å². The second-order valence-electron chi connectivity index (χ2n) is 10.7. The standard InChI is InChI=1S/C35H29FN4O3/c1-23-31(34(41)40(29-9-5-6-10-29)35(42)32(23)20-37)19-26-21-39(28-7-3-2-4-8-28)38-33(26)25-13-17-30(18-14-25)43-22-24-11-15-27(36)16-12-24/h2-4,7-8,11-19,21,29H,5-6,9-10,22H2,1H3/b31-19+. The minimum Gasteiger partial charge on any atom is -0.489 e. The summed E-state index contributed by atoms with van der Waals surface area (Å²) in [5.74, 6) is -0.543. The van der Waals surface area contributed by atoms with Crippen molar-refractivity contribution in [1.82, 2.24) is 14.7 Å². The number of aromatic nitrogens is 2. The second kappa shape index (κ2) is 11.9. The number of nitrogens with zero attached hydrogens (tertiary/aromatic N) is 4. The van der Waals surface area contributed by atoms with E-state index in [1.54, 1.807) is 29.8 Å². The van der Waals surface area contributed by atoms with E-state index < -0.39 is 5.91 Å². The van der Waals surface area contributed by atoms with Crippen molar-refractivity contribution in [2.45, 2.75) is 45.3 Å². The number of amides is 2. The van der Waals surface area contributed by atoms with Gasteiger partial charge in [0.2, 0.25) is 0 Å². The summed E-state index contributed by atoms with van der Waals surface area (Å²) in [6.45, 7) is 1.95. The van der Waals surface area contributed by atoms with Gasteiger partial charge in [-0.05, 0) is 85.5 Å². The highest BCUT2D eigenvalue weighted by molar-refractivity contribution is 6.20. The van der Waals surface area contributed by atoms with Crippen molar-refractivity contribution in [1.29, 1.82) is 5.26 Å². The molecule has 1 saturated carbocycles. The highest BCUT2D eigenvalue weighted by Gasteiger charge is 2.40. The first-order valence-corrected chi connectivity index (χ1v) is 14.3. The molecule has 0 atom stereocenters. The first kappa shape index (κ1) is 27.9. The molecule has 7 nitrogen and oxygen atoms in total. The Kier molecular flexibility index (Phi) is 7.71. The van der Waals surface area contributed by atoms with Crippen LogP contribution in [0.1, 0.15) is 43.7 Å². The molecule has 1 aliphatic heterocycles.